The van der Waals surface area contributed by atoms with Gasteiger partial charge in [-0.3, -0.25) is 0 Å². The maximum Gasteiger partial charge on any atom is 0.119 e. The van der Waals surface area contributed by atoms with Crippen LogP contribution < -0.4 is 5.32 Å². The molecule has 0 fully saturated rings. The van der Waals surface area contributed by atoms with Crippen molar-refractivity contribution < 1.29 is 20.4 Å². The predicted molar refractivity (Wildman–Crippen MR) is 68.5 cm³/mol. The number of phenols is 2. The molecule has 5 N–H and O–H groups in total. The maximum absolute atomic E-state index is 9.43. The Kier molecular flexibility index (Phi) is 4.95. The Morgan fingerprint density at radius 3 is 2.00 bits per heavy atom. The van der Waals surface area contributed by atoms with Crippen LogP contribution in [0.1, 0.15) is 31.9 Å². The molecule has 0 spiro atoms. The van der Waals surface area contributed by atoms with Crippen LogP contribution in [-0.4, -0.2) is 39.2 Å². The molecular formula is C13H21NO4. The SMILES string of the molecule is CCC(CO)(CO)NC(C)c1cc(O)cc(O)c1. The van der Waals surface area contributed by atoms with Crippen LogP contribution in [0.2, 0.25) is 0 Å². The minimum Gasteiger partial charge on any atom is -0.508 e. The summed E-state index contributed by atoms with van der Waals surface area (Å²) in [5.41, 5.74) is -0.0762. The average Bonchev–Trinajstić information content (AvgIpc) is 2.35. The van der Waals surface area contributed by atoms with Gasteiger partial charge < -0.3 is 25.7 Å². The number of phenolic OH excluding ortho intramolecular Hbond substituents is 2. The summed E-state index contributed by atoms with van der Waals surface area (Å²) < 4.78 is 0. The van der Waals surface area contributed by atoms with E-state index < -0.39 is 5.54 Å². The first kappa shape index (κ1) is 14.8. The lowest BCUT2D eigenvalue weighted by Gasteiger charge is -2.33. The highest BCUT2D eigenvalue weighted by molar-refractivity contribution is 5.38. The molecule has 18 heavy (non-hydrogen) atoms. The Labute approximate surface area is 107 Å². The van der Waals surface area contributed by atoms with E-state index in [9.17, 15) is 20.4 Å². The van der Waals surface area contributed by atoms with Gasteiger partial charge in [0, 0.05) is 12.1 Å². The molecule has 0 aliphatic carbocycles. The van der Waals surface area contributed by atoms with Crippen LogP contribution in [0.3, 0.4) is 0 Å². The molecule has 0 aliphatic rings. The predicted octanol–water partition coefficient (Wildman–Crippen LogP) is 0.882. The van der Waals surface area contributed by atoms with E-state index in [0.717, 1.165) is 0 Å². The summed E-state index contributed by atoms with van der Waals surface area (Å²) in [6, 6.07) is 4.10. The summed E-state index contributed by atoms with van der Waals surface area (Å²) in [5.74, 6) is -0.0394. The van der Waals surface area contributed by atoms with Crippen LogP contribution in [0.15, 0.2) is 18.2 Å². The number of aromatic hydroxyl groups is 2. The van der Waals surface area contributed by atoms with Crippen LogP contribution in [0.4, 0.5) is 0 Å². The fraction of sp³-hybridized carbons (Fsp3) is 0.538. The number of aliphatic hydroxyl groups excluding tert-OH is 2. The second kappa shape index (κ2) is 6.04. The van der Waals surface area contributed by atoms with Gasteiger partial charge in [-0.25, -0.2) is 0 Å². The standard InChI is InChI=1S/C13H21NO4/c1-3-13(7-15,8-16)14-9(2)10-4-11(17)6-12(18)5-10/h4-6,9,14-18H,3,7-8H2,1-2H3. The van der Waals surface area contributed by atoms with E-state index in [0.29, 0.717) is 12.0 Å². The van der Waals surface area contributed by atoms with Crippen LogP contribution in [0, 0.1) is 0 Å². The van der Waals surface area contributed by atoms with E-state index in [1.807, 2.05) is 13.8 Å². The van der Waals surface area contributed by atoms with Crippen molar-refractivity contribution in [1.29, 1.82) is 0 Å². The molecule has 1 aromatic rings. The first-order chi connectivity index (χ1) is 8.46. The second-order valence-electron chi connectivity index (χ2n) is 4.60. The molecule has 0 saturated carbocycles. The molecule has 0 bridgehead atoms. The molecule has 1 aromatic carbocycles. The number of hydrogen-bond acceptors (Lipinski definition) is 5. The summed E-state index contributed by atoms with van der Waals surface area (Å²) in [6.07, 6.45) is 0.565. The van der Waals surface area contributed by atoms with Gasteiger partial charge in [-0.2, -0.15) is 0 Å². The van der Waals surface area contributed by atoms with Gasteiger partial charge in [0.1, 0.15) is 11.5 Å². The zero-order valence-corrected chi connectivity index (χ0v) is 10.7. The van der Waals surface area contributed by atoms with E-state index in [4.69, 9.17) is 0 Å². The summed E-state index contributed by atoms with van der Waals surface area (Å²) >= 11 is 0. The molecule has 1 unspecified atom stereocenters. The van der Waals surface area contributed by atoms with Gasteiger partial charge >= 0.3 is 0 Å². The minimum atomic E-state index is -0.763. The van der Waals surface area contributed by atoms with Gasteiger partial charge in [0.2, 0.25) is 0 Å². The fourth-order valence-electron chi connectivity index (χ4n) is 1.88. The van der Waals surface area contributed by atoms with Crippen LogP contribution >= 0.6 is 0 Å². The molecule has 102 valence electrons. The first-order valence-electron chi connectivity index (χ1n) is 5.98. The van der Waals surface area contributed by atoms with Crippen molar-refractivity contribution in [2.75, 3.05) is 13.2 Å². The van der Waals surface area contributed by atoms with E-state index >= 15 is 0 Å². The monoisotopic (exact) mass is 255 g/mol. The lowest BCUT2D eigenvalue weighted by molar-refractivity contribution is 0.0792. The molecule has 5 heteroatoms. The fourth-order valence-corrected chi connectivity index (χ4v) is 1.88. The second-order valence-corrected chi connectivity index (χ2v) is 4.60. The van der Waals surface area contributed by atoms with Crippen molar-refractivity contribution in [1.82, 2.24) is 5.32 Å². The molecule has 0 heterocycles. The van der Waals surface area contributed by atoms with Gasteiger partial charge in [-0.1, -0.05) is 6.92 Å². The topological polar surface area (TPSA) is 93.0 Å². The smallest absolute Gasteiger partial charge is 0.119 e. The Bertz CT molecular complexity index is 362. The van der Waals surface area contributed by atoms with Gasteiger partial charge in [0.25, 0.3) is 0 Å². The third-order valence-electron chi connectivity index (χ3n) is 3.23. The Morgan fingerprint density at radius 1 is 1.11 bits per heavy atom. The van der Waals surface area contributed by atoms with Gasteiger partial charge in [-0.05, 0) is 31.0 Å². The van der Waals surface area contributed by atoms with Crippen LogP contribution in [0.5, 0.6) is 11.5 Å². The largest absolute Gasteiger partial charge is 0.508 e. The van der Waals surface area contributed by atoms with E-state index in [2.05, 4.69) is 5.32 Å². The molecule has 0 aliphatic heterocycles. The quantitative estimate of drug-likeness (QED) is 0.520. The number of hydrogen-bond donors (Lipinski definition) is 5. The van der Waals surface area contributed by atoms with Crippen LogP contribution in [-0.2, 0) is 0 Å². The number of aliphatic hydroxyl groups is 2. The Balaban J connectivity index is 2.90. The zero-order valence-electron chi connectivity index (χ0n) is 10.7. The first-order valence-corrected chi connectivity index (χ1v) is 5.98. The Morgan fingerprint density at radius 2 is 1.61 bits per heavy atom. The third-order valence-corrected chi connectivity index (χ3v) is 3.23. The highest BCUT2D eigenvalue weighted by atomic mass is 16.3. The van der Waals surface area contributed by atoms with Crippen molar-refractivity contribution in [2.45, 2.75) is 31.8 Å². The average molecular weight is 255 g/mol. The zero-order chi connectivity index (χ0) is 13.8. The summed E-state index contributed by atoms with van der Waals surface area (Å²) in [4.78, 5) is 0. The van der Waals surface area contributed by atoms with E-state index in [-0.39, 0.29) is 30.8 Å². The van der Waals surface area contributed by atoms with E-state index in [1.54, 1.807) is 0 Å². The Hall–Kier alpha value is -1.30. The lowest BCUT2D eigenvalue weighted by atomic mass is 9.95. The highest BCUT2D eigenvalue weighted by Gasteiger charge is 2.28. The van der Waals surface area contributed by atoms with Crippen molar-refractivity contribution in [3.63, 3.8) is 0 Å². The number of benzene rings is 1. The van der Waals surface area contributed by atoms with Crippen molar-refractivity contribution >= 4 is 0 Å². The van der Waals surface area contributed by atoms with Crippen molar-refractivity contribution in [2.24, 2.45) is 0 Å². The van der Waals surface area contributed by atoms with Gasteiger partial charge in [0.05, 0.1) is 18.8 Å². The number of nitrogens with one attached hydrogen (secondary N) is 1. The number of rotatable bonds is 6. The van der Waals surface area contributed by atoms with Crippen molar-refractivity contribution in [3.8, 4) is 11.5 Å². The lowest BCUT2D eigenvalue weighted by Crippen LogP contribution is -2.52. The molecule has 0 amide bonds. The molecule has 5 nitrogen and oxygen atoms in total. The molecule has 1 rings (SSSR count). The summed E-state index contributed by atoms with van der Waals surface area (Å²) in [7, 11) is 0. The van der Waals surface area contributed by atoms with Gasteiger partial charge in [-0.15, -0.1) is 0 Å². The normalized spacial score (nSPS) is 13.6. The van der Waals surface area contributed by atoms with Crippen molar-refractivity contribution in [3.05, 3.63) is 23.8 Å². The molecule has 0 aromatic heterocycles. The summed E-state index contributed by atoms with van der Waals surface area (Å²) in [6.45, 7) is 3.33. The highest BCUT2D eigenvalue weighted by Crippen LogP contribution is 2.26. The molecular weight excluding hydrogens is 234 g/mol. The minimum absolute atomic E-state index is 0.0197. The molecule has 1 atom stereocenters. The van der Waals surface area contributed by atoms with E-state index in [1.165, 1.54) is 18.2 Å². The molecule has 0 saturated heterocycles. The third kappa shape index (κ3) is 3.35. The summed E-state index contributed by atoms with van der Waals surface area (Å²) in [5, 5.41) is 40.7. The molecule has 0 radical (unpaired) electrons. The van der Waals surface area contributed by atoms with Gasteiger partial charge in [0.15, 0.2) is 0 Å². The maximum atomic E-state index is 9.43. The van der Waals surface area contributed by atoms with Crippen LogP contribution in [0.25, 0.3) is 0 Å².